The Morgan fingerprint density at radius 1 is 1.47 bits per heavy atom. The molecule has 0 fully saturated rings. The fourth-order valence-corrected chi connectivity index (χ4v) is 1.30. The largest absolute Gasteiger partial charge is 0.388 e. The minimum Gasteiger partial charge on any atom is -0.388 e. The SMILES string of the molecule is CCCC(C)(O)CNc1ncc(F)cn1. The van der Waals surface area contributed by atoms with Gasteiger partial charge in [-0.05, 0) is 13.3 Å². The molecule has 5 heteroatoms. The fraction of sp³-hybridized carbons (Fsp3) is 0.600. The highest BCUT2D eigenvalue weighted by Gasteiger charge is 2.18. The summed E-state index contributed by atoms with van der Waals surface area (Å²) >= 11 is 0. The molecule has 1 atom stereocenters. The van der Waals surface area contributed by atoms with Gasteiger partial charge in [-0.25, -0.2) is 14.4 Å². The topological polar surface area (TPSA) is 58.0 Å². The summed E-state index contributed by atoms with van der Waals surface area (Å²) < 4.78 is 12.5. The van der Waals surface area contributed by atoms with Crippen LogP contribution in [0.25, 0.3) is 0 Å². The zero-order chi connectivity index (χ0) is 11.3. The second kappa shape index (κ2) is 5.02. The van der Waals surface area contributed by atoms with E-state index in [9.17, 15) is 9.50 Å². The molecule has 0 aliphatic rings. The van der Waals surface area contributed by atoms with Gasteiger partial charge in [-0.15, -0.1) is 0 Å². The van der Waals surface area contributed by atoms with E-state index >= 15 is 0 Å². The summed E-state index contributed by atoms with van der Waals surface area (Å²) in [6, 6.07) is 0. The predicted molar refractivity (Wildman–Crippen MR) is 56.0 cm³/mol. The summed E-state index contributed by atoms with van der Waals surface area (Å²) in [6.45, 7) is 4.10. The van der Waals surface area contributed by atoms with E-state index in [4.69, 9.17) is 0 Å². The molecule has 84 valence electrons. The highest BCUT2D eigenvalue weighted by Crippen LogP contribution is 2.12. The van der Waals surface area contributed by atoms with Crippen LogP contribution in [0.3, 0.4) is 0 Å². The molecule has 0 saturated carbocycles. The van der Waals surface area contributed by atoms with Crippen molar-refractivity contribution in [2.75, 3.05) is 11.9 Å². The van der Waals surface area contributed by atoms with Gasteiger partial charge in [0.2, 0.25) is 5.95 Å². The van der Waals surface area contributed by atoms with Gasteiger partial charge in [0.05, 0.1) is 18.0 Å². The van der Waals surface area contributed by atoms with Crippen molar-refractivity contribution in [1.29, 1.82) is 0 Å². The van der Waals surface area contributed by atoms with Gasteiger partial charge in [-0.1, -0.05) is 13.3 Å². The third-order valence-corrected chi connectivity index (χ3v) is 2.04. The minimum absolute atomic E-state index is 0.327. The van der Waals surface area contributed by atoms with Crippen LogP contribution in [0.1, 0.15) is 26.7 Å². The Morgan fingerprint density at radius 2 is 2.07 bits per heavy atom. The van der Waals surface area contributed by atoms with Crippen molar-refractivity contribution < 1.29 is 9.50 Å². The van der Waals surface area contributed by atoms with Crippen LogP contribution in [0.5, 0.6) is 0 Å². The van der Waals surface area contributed by atoms with Gasteiger partial charge < -0.3 is 10.4 Å². The van der Waals surface area contributed by atoms with E-state index in [1.54, 1.807) is 6.92 Å². The molecule has 15 heavy (non-hydrogen) atoms. The Hall–Kier alpha value is -1.23. The van der Waals surface area contributed by atoms with Gasteiger partial charge in [0.15, 0.2) is 5.82 Å². The van der Waals surface area contributed by atoms with Crippen LogP contribution in [0.2, 0.25) is 0 Å². The summed E-state index contributed by atoms with van der Waals surface area (Å²) in [5.41, 5.74) is -0.785. The van der Waals surface area contributed by atoms with Crippen molar-refractivity contribution >= 4 is 5.95 Å². The molecule has 0 radical (unpaired) electrons. The summed E-state index contributed by atoms with van der Waals surface area (Å²) in [5.74, 6) is -0.145. The van der Waals surface area contributed by atoms with Crippen molar-refractivity contribution in [1.82, 2.24) is 9.97 Å². The monoisotopic (exact) mass is 213 g/mol. The molecule has 0 spiro atoms. The summed E-state index contributed by atoms with van der Waals surface area (Å²) in [6.07, 6.45) is 3.77. The van der Waals surface area contributed by atoms with Crippen LogP contribution >= 0.6 is 0 Å². The molecule has 0 aliphatic heterocycles. The van der Waals surface area contributed by atoms with Crippen molar-refractivity contribution in [2.45, 2.75) is 32.3 Å². The molecule has 2 N–H and O–H groups in total. The van der Waals surface area contributed by atoms with E-state index in [-0.39, 0.29) is 0 Å². The number of aromatic nitrogens is 2. The lowest BCUT2D eigenvalue weighted by atomic mass is 10.0. The quantitative estimate of drug-likeness (QED) is 0.779. The van der Waals surface area contributed by atoms with E-state index in [1.165, 1.54) is 0 Å². The predicted octanol–water partition coefficient (Wildman–Crippen LogP) is 1.58. The van der Waals surface area contributed by atoms with Crippen LogP contribution in [0.4, 0.5) is 10.3 Å². The first-order valence-electron chi connectivity index (χ1n) is 4.97. The summed E-state index contributed by atoms with van der Waals surface area (Å²) in [5, 5.41) is 12.7. The molecule has 1 rings (SSSR count). The average molecular weight is 213 g/mol. The third-order valence-electron chi connectivity index (χ3n) is 2.04. The minimum atomic E-state index is -0.785. The number of nitrogens with zero attached hydrogens (tertiary/aromatic N) is 2. The molecule has 1 unspecified atom stereocenters. The maximum Gasteiger partial charge on any atom is 0.222 e. The van der Waals surface area contributed by atoms with Crippen LogP contribution < -0.4 is 5.32 Å². The Morgan fingerprint density at radius 3 is 2.60 bits per heavy atom. The van der Waals surface area contributed by atoms with Gasteiger partial charge in [0.25, 0.3) is 0 Å². The van der Waals surface area contributed by atoms with Crippen molar-refractivity contribution in [3.8, 4) is 0 Å². The first kappa shape index (κ1) is 11.8. The number of hydrogen-bond acceptors (Lipinski definition) is 4. The third kappa shape index (κ3) is 4.20. The van der Waals surface area contributed by atoms with Gasteiger partial charge in [-0.2, -0.15) is 0 Å². The average Bonchev–Trinajstić information content (AvgIpc) is 2.17. The van der Waals surface area contributed by atoms with Crippen LogP contribution in [0.15, 0.2) is 12.4 Å². The zero-order valence-corrected chi connectivity index (χ0v) is 9.00. The molecule has 0 bridgehead atoms. The van der Waals surface area contributed by atoms with Crippen LogP contribution in [0, 0.1) is 5.82 Å². The maximum absolute atomic E-state index is 12.5. The summed E-state index contributed by atoms with van der Waals surface area (Å²) in [4.78, 5) is 7.47. The standard InChI is InChI=1S/C10H16FN3O/c1-3-4-10(2,15)7-14-9-12-5-8(11)6-13-9/h5-6,15H,3-4,7H2,1-2H3,(H,12,13,14). The van der Waals surface area contributed by atoms with Crippen molar-refractivity contribution in [3.63, 3.8) is 0 Å². The summed E-state index contributed by atoms with van der Waals surface area (Å²) in [7, 11) is 0. The van der Waals surface area contributed by atoms with E-state index in [1.807, 2.05) is 6.92 Å². The molecule has 0 saturated heterocycles. The number of halogens is 1. The lowest BCUT2D eigenvalue weighted by Crippen LogP contribution is -2.33. The molecular formula is C10H16FN3O. The van der Waals surface area contributed by atoms with Crippen molar-refractivity contribution in [2.24, 2.45) is 0 Å². The Labute approximate surface area is 88.6 Å². The van der Waals surface area contributed by atoms with Gasteiger partial charge in [0, 0.05) is 6.54 Å². The lowest BCUT2D eigenvalue weighted by molar-refractivity contribution is 0.0635. The molecule has 1 heterocycles. The normalized spacial score (nSPS) is 14.7. The number of rotatable bonds is 5. The molecule has 1 aromatic heterocycles. The maximum atomic E-state index is 12.5. The van der Waals surface area contributed by atoms with Crippen LogP contribution in [-0.4, -0.2) is 27.2 Å². The second-order valence-corrected chi connectivity index (χ2v) is 3.83. The number of aliphatic hydroxyl groups is 1. The first-order chi connectivity index (χ1) is 7.03. The number of nitrogens with one attached hydrogen (secondary N) is 1. The molecule has 0 aromatic carbocycles. The smallest absolute Gasteiger partial charge is 0.222 e. The molecule has 4 nitrogen and oxygen atoms in total. The molecular weight excluding hydrogens is 197 g/mol. The number of anilines is 1. The fourth-order valence-electron chi connectivity index (χ4n) is 1.30. The van der Waals surface area contributed by atoms with Gasteiger partial charge in [0.1, 0.15) is 0 Å². The van der Waals surface area contributed by atoms with Gasteiger partial charge >= 0.3 is 0 Å². The van der Waals surface area contributed by atoms with E-state index in [0.717, 1.165) is 18.8 Å². The Kier molecular flexibility index (Phi) is 3.96. The number of hydrogen-bond donors (Lipinski definition) is 2. The second-order valence-electron chi connectivity index (χ2n) is 3.83. The highest BCUT2D eigenvalue weighted by atomic mass is 19.1. The molecule has 0 aliphatic carbocycles. The van der Waals surface area contributed by atoms with E-state index in [2.05, 4.69) is 15.3 Å². The van der Waals surface area contributed by atoms with E-state index in [0.29, 0.717) is 18.9 Å². The Balaban J connectivity index is 2.46. The zero-order valence-electron chi connectivity index (χ0n) is 9.00. The van der Waals surface area contributed by atoms with Crippen molar-refractivity contribution in [3.05, 3.63) is 18.2 Å². The van der Waals surface area contributed by atoms with Crippen LogP contribution in [-0.2, 0) is 0 Å². The molecule has 0 amide bonds. The highest BCUT2D eigenvalue weighted by molar-refractivity contribution is 5.23. The first-order valence-corrected chi connectivity index (χ1v) is 4.97. The van der Waals surface area contributed by atoms with E-state index < -0.39 is 11.4 Å². The van der Waals surface area contributed by atoms with Gasteiger partial charge in [-0.3, -0.25) is 0 Å². The lowest BCUT2D eigenvalue weighted by Gasteiger charge is -2.22. The molecule has 1 aromatic rings. The Bertz CT molecular complexity index is 300.